The number of nitrogens with one attached hydrogen (secondary N) is 1. The topological polar surface area (TPSA) is 64.3 Å². The number of hydrogen-bond acceptors (Lipinski definition) is 4. The molecule has 2 unspecified atom stereocenters. The second kappa shape index (κ2) is 8.75. The van der Waals surface area contributed by atoms with Gasteiger partial charge in [-0.2, -0.15) is 5.10 Å². The van der Waals surface area contributed by atoms with Crippen molar-refractivity contribution in [3.63, 3.8) is 0 Å². The molecule has 0 saturated carbocycles. The van der Waals surface area contributed by atoms with Gasteiger partial charge in [-0.3, -0.25) is 14.4 Å². The molecular formula is C23H29N5O2. The Labute approximate surface area is 177 Å². The molecule has 0 bridgehead atoms. The summed E-state index contributed by atoms with van der Waals surface area (Å²) in [6.07, 6.45) is 7.69. The Bertz CT molecular complexity index is 978. The number of benzene rings is 1. The molecule has 30 heavy (non-hydrogen) atoms. The maximum absolute atomic E-state index is 13.0. The van der Waals surface area contributed by atoms with Crippen LogP contribution in [0.3, 0.4) is 0 Å². The Hall–Kier alpha value is -3.06. The smallest absolute Gasteiger partial charge is 0.256 e. The first-order valence-corrected chi connectivity index (χ1v) is 10.4. The highest BCUT2D eigenvalue weighted by atomic mass is 16.5. The highest BCUT2D eigenvalue weighted by molar-refractivity contribution is 5.97. The molecule has 1 saturated heterocycles. The van der Waals surface area contributed by atoms with Gasteiger partial charge in [0.25, 0.3) is 5.91 Å². The van der Waals surface area contributed by atoms with Gasteiger partial charge in [0.05, 0.1) is 13.3 Å². The van der Waals surface area contributed by atoms with Crippen molar-refractivity contribution in [1.29, 1.82) is 0 Å². The van der Waals surface area contributed by atoms with Crippen molar-refractivity contribution >= 4 is 5.91 Å². The molecule has 1 fully saturated rings. The molecule has 0 spiro atoms. The molecule has 2 atom stereocenters. The summed E-state index contributed by atoms with van der Waals surface area (Å²) in [7, 11) is 5.69. The summed E-state index contributed by atoms with van der Waals surface area (Å²) in [4.78, 5) is 15.4. The van der Waals surface area contributed by atoms with E-state index in [1.165, 1.54) is 5.56 Å². The molecule has 3 heterocycles. The van der Waals surface area contributed by atoms with Crippen LogP contribution in [0, 0.1) is 5.92 Å². The van der Waals surface area contributed by atoms with Gasteiger partial charge in [-0.1, -0.05) is 12.1 Å². The minimum absolute atomic E-state index is 0.0893. The monoisotopic (exact) mass is 407 g/mol. The van der Waals surface area contributed by atoms with E-state index in [4.69, 9.17) is 4.74 Å². The molecule has 1 aromatic carbocycles. The normalized spacial score (nSPS) is 19.6. The number of ether oxygens (including phenoxy) is 1. The molecule has 1 aliphatic rings. The number of likely N-dealkylation sites (tertiary alicyclic amines) is 1. The first kappa shape index (κ1) is 20.2. The van der Waals surface area contributed by atoms with Crippen LogP contribution in [0.25, 0.3) is 5.82 Å². The van der Waals surface area contributed by atoms with E-state index < -0.39 is 0 Å². The average Bonchev–Trinajstić information content (AvgIpc) is 3.41. The van der Waals surface area contributed by atoms with Crippen LogP contribution in [0.2, 0.25) is 0 Å². The molecule has 1 N–H and O–H groups in total. The lowest BCUT2D eigenvalue weighted by Crippen LogP contribution is -2.41. The van der Waals surface area contributed by atoms with Crippen molar-refractivity contribution in [2.75, 3.05) is 27.2 Å². The number of methoxy groups -OCH3 is 1. The third-order valence-corrected chi connectivity index (χ3v) is 5.99. The first-order chi connectivity index (χ1) is 14.6. The lowest BCUT2D eigenvalue weighted by Gasteiger charge is -2.39. The SMILES string of the molecule is COc1ccc(C2C(CNC(=O)c3cnn(C)c3-n3cccc3)CCCN2C)cc1. The summed E-state index contributed by atoms with van der Waals surface area (Å²) >= 11 is 0. The van der Waals surface area contributed by atoms with Gasteiger partial charge in [-0.05, 0) is 62.2 Å². The summed E-state index contributed by atoms with van der Waals surface area (Å²) in [5.41, 5.74) is 1.84. The van der Waals surface area contributed by atoms with E-state index in [-0.39, 0.29) is 11.9 Å². The third-order valence-electron chi connectivity index (χ3n) is 5.99. The Morgan fingerprint density at radius 1 is 1.20 bits per heavy atom. The number of aryl methyl sites for hydroxylation is 1. The molecule has 7 nitrogen and oxygen atoms in total. The predicted molar refractivity (Wildman–Crippen MR) is 116 cm³/mol. The van der Waals surface area contributed by atoms with Gasteiger partial charge in [0.2, 0.25) is 0 Å². The molecular weight excluding hydrogens is 378 g/mol. The number of carbonyl (C=O) groups is 1. The number of carbonyl (C=O) groups excluding carboxylic acids is 1. The molecule has 2 aromatic heterocycles. The second-order valence-electron chi connectivity index (χ2n) is 7.91. The lowest BCUT2D eigenvalue weighted by molar-refractivity contribution is 0.0891. The summed E-state index contributed by atoms with van der Waals surface area (Å²) < 4.78 is 8.94. The van der Waals surface area contributed by atoms with Crippen LogP contribution in [-0.2, 0) is 7.05 Å². The average molecular weight is 408 g/mol. The van der Waals surface area contributed by atoms with Crippen LogP contribution in [0.4, 0.5) is 0 Å². The Balaban J connectivity index is 1.50. The summed E-state index contributed by atoms with van der Waals surface area (Å²) in [5, 5.41) is 7.46. The van der Waals surface area contributed by atoms with Crippen molar-refractivity contribution in [3.8, 4) is 11.6 Å². The summed E-state index contributed by atoms with van der Waals surface area (Å²) in [6.45, 7) is 1.68. The first-order valence-electron chi connectivity index (χ1n) is 10.4. The van der Waals surface area contributed by atoms with Gasteiger partial charge in [0.15, 0.2) is 0 Å². The molecule has 1 amide bonds. The van der Waals surface area contributed by atoms with Crippen LogP contribution in [0.1, 0.15) is 34.8 Å². The van der Waals surface area contributed by atoms with Gasteiger partial charge in [0.1, 0.15) is 17.1 Å². The maximum Gasteiger partial charge on any atom is 0.256 e. The van der Waals surface area contributed by atoms with E-state index in [2.05, 4.69) is 34.5 Å². The largest absolute Gasteiger partial charge is 0.497 e. The van der Waals surface area contributed by atoms with Gasteiger partial charge in [0, 0.05) is 32.0 Å². The number of nitrogens with zero attached hydrogens (tertiary/aromatic N) is 4. The fourth-order valence-electron chi connectivity index (χ4n) is 4.49. The van der Waals surface area contributed by atoms with Crippen LogP contribution in [0.5, 0.6) is 5.75 Å². The van der Waals surface area contributed by atoms with E-state index >= 15 is 0 Å². The Morgan fingerprint density at radius 2 is 1.93 bits per heavy atom. The Morgan fingerprint density at radius 3 is 2.63 bits per heavy atom. The van der Waals surface area contributed by atoms with Crippen molar-refractivity contribution < 1.29 is 9.53 Å². The highest BCUT2D eigenvalue weighted by Gasteiger charge is 2.31. The molecule has 1 aliphatic heterocycles. The van der Waals surface area contributed by atoms with Crippen LogP contribution in [0.15, 0.2) is 55.0 Å². The van der Waals surface area contributed by atoms with E-state index in [0.717, 1.165) is 31.0 Å². The minimum atomic E-state index is -0.0893. The van der Waals surface area contributed by atoms with Crippen molar-refractivity contribution in [2.24, 2.45) is 13.0 Å². The van der Waals surface area contributed by atoms with Crippen LogP contribution >= 0.6 is 0 Å². The summed E-state index contributed by atoms with van der Waals surface area (Å²) in [6, 6.07) is 12.4. The van der Waals surface area contributed by atoms with Crippen molar-refractivity contribution in [1.82, 2.24) is 24.6 Å². The lowest BCUT2D eigenvalue weighted by atomic mass is 9.85. The van der Waals surface area contributed by atoms with Gasteiger partial charge < -0.3 is 14.6 Å². The molecule has 158 valence electrons. The number of aromatic nitrogens is 3. The standard InChI is InChI=1S/C23H29N5O2/c1-26-12-6-7-18(21(26)17-8-10-19(30-3)11-9-17)15-24-22(29)20-16-25-27(2)23(20)28-13-4-5-14-28/h4-5,8-11,13-14,16,18,21H,6-7,12,15H2,1-3H3,(H,24,29). The van der Waals surface area contributed by atoms with Gasteiger partial charge in [-0.15, -0.1) is 0 Å². The third kappa shape index (κ3) is 3.98. The highest BCUT2D eigenvalue weighted by Crippen LogP contribution is 2.35. The van der Waals surface area contributed by atoms with E-state index in [1.807, 2.05) is 48.3 Å². The number of hydrogen-bond donors (Lipinski definition) is 1. The minimum Gasteiger partial charge on any atom is -0.497 e. The quantitative estimate of drug-likeness (QED) is 0.682. The molecule has 7 heteroatoms. The number of piperidine rings is 1. The second-order valence-corrected chi connectivity index (χ2v) is 7.91. The molecule has 3 aromatic rings. The maximum atomic E-state index is 13.0. The van der Waals surface area contributed by atoms with Crippen molar-refractivity contribution in [2.45, 2.75) is 18.9 Å². The fourth-order valence-corrected chi connectivity index (χ4v) is 4.49. The zero-order chi connectivity index (χ0) is 21.1. The van der Waals surface area contributed by atoms with E-state index in [0.29, 0.717) is 18.0 Å². The molecule has 4 rings (SSSR count). The number of rotatable bonds is 6. The Kier molecular flexibility index (Phi) is 5.90. The van der Waals surface area contributed by atoms with Crippen molar-refractivity contribution in [3.05, 3.63) is 66.1 Å². The van der Waals surface area contributed by atoms with Gasteiger partial charge in [-0.25, -0.2) is 0 Å². The molecule has 0 radical (unpaired) electrons. The molecule has 0 aliphatic carbocycles. The van der Waals surface area contributed by atoms with Crippen LogP contribution in [-0.4, -0.2) is 52.4 Å². The summed E-state index contributed by atoms with van der Waals surface area (Å²) in [5.74, 6) is 1.88. The zero-order valence-electron chi connectivity index (χ0n) is 17.8. The van der Waals surface area contributed by atoms with E-state index in [1.54, 1.807) is 18.0 Å². The zero-order valence-corrected chi connectivity index (χ0v) is 17.8. The fraction of sp³-hybridized carbons (Fsp3) is 0.391. The van der Waals surface area contributed by atoms with Crippen LogP contribution < -0.4 is 10.1 Å². The van der Waals surface area contributed by atoms with Gasteiger partial charge >= 0.3 is 0 Å². The number of amides is 1. The van der Waals surface area contributed by atoms with E-state index in [9.17, 15) is 4.79 Å². The predicted octanol–water partition coefficient (Wildman–Crippen LogP) is 3.03.